The SMILES string of the molecule is C/C=C/Nc1c(C(N)=NC)ccn1C(=O)NCCCCNC(=O)OC(C)(C)C. The summed E-state index contributed by atoms with van der Waals surface area (Å²) in [5.41, 5.74) is 6.03. The number of alkyl carbamates (subject to hydrolysis) is 1. The van der Waals surface area contributed by atoms with Crippen molar-refractivity contribution < 1.29 is 14.3 Å². The summed E-state index contributed by atoms with van der Waals surface area (Å²) in [6.45, 7) is 8.26. The van der Waals surface area contributed by atoms with Crippen LogP contribution < -0.4 is 21.7 Å². The number of allylic oxidation sites excluding steroid dienone is 1. The van der Waals surface area contributed by atoms with Gasteiger partial charge >= 0.3 is 12.1 Å². The maximum absolute atomic E-state index is 12.5. The van der Waals surface area contributed by atoms with Crippen LogP contribution in [0.1, 0.15) is 46.1 Å². The van der Waals surface area contributed by atoms with Gasteiger partial charge in [-0.1, -0.05) is 6.08 Å². The van der Waals surface area contributed by atoms with Crippen molar-refractivity contribution >= 4 is 23.8 Å². The minimum absolute atomic E-state index is 0.276. The van der Waals surface area contributed by atoms with Crippen LogP contribution in [0, 0.1) is 0 Å². The van der Waals surface area contributed by atoms with E-state index in [9.17, 15) is 9.59 Å². The van der Waals surface area contributed by atoms with Gasteiger partial charge in [0.1, 0.15) is 17.3 Å². The fourth-order valence-corrected chi connectivity index (χ4v) is 2.27. The summed E-state index contributed by atoms with van der Waals surface area (Å²) in [6, 6.07) is 1.46. The van der Waals surface area contributed by atoms with Crippen molar-refractivity contribution in [3.8, 4) is 0 Å². The van der Waals surface area contributed by atoms with Crippen molar-refractivity contribution in [3.63, 3.8) is 0 Å². The lowest BCUT2D eigenvalue weighted by Crippen LogP contribution is -2.33. The number of amidine groups is 1. The summed E-state index contributed by atoms with van der Waals surface area (Å²) in [6.07, 6.45) is 6.16. The Labute approximate surface area is 166 Å². The normalized spacial score (nSPS) is 12.1. The molecule has 28 heavy (non-hydrogen) atoms. The van der Waals surface area contributed by atoms with Gasteiger partial charge in [0.25, 0.3) is 0 Å². The molecule has 0 atom stereocenters. The van der Waals surface area contributed by atoms with Gasteiger partial charge in [0, 0.05) is 26.3 Å². The maximum atomic E-state index is 12.5. The number of nitrogens with two attached hydrogens (primary N) is 1. The fraction of sp³-hybridized carbons (Fsp3) is 0.526. The van der Waals surface area contributed by atoms with Crippen LogP contribution in [0.5, 0.6) is 0 Å². The first-order chi connectivity index (χ1) is 13.2. The standard InChI is InChI=1S/C19H32N6O3/c1-6-10-22-16-14(15(20)21-5)9-13-25(16)17(26)23-11-7-8-12-24-18(27)28-19(2,3)4/h6,9-10,13,22H,7-8,11-12H2,1-5H3,(H2,20,21)(H,23,26)(H,24,27)/b10-6+. The second kappa shape index (κ2) is 11.0. The highest BCUT2D eigenvalue weighted by molar-refractivity contribution is 6.03. The molecule has 1 heterocycles. The van der Waals surface area contributed by atoms with Crippen molar-refractivity contribution in [1.29, 1.82) is 0 Å². The van der Waals surface area contributed by atoms with Crippen LogP contribution in [-0.2, 0) is 4.74 Å². The van der Waals surface area contributed by atoms with E-state index in [-0.39, 0.29) is 6.03 Å². The fourth-order valence-electron chi connectivity index (χ4n) is 2.27. The van der Waals surface area contributed by atoms with E-state index in [1.54, 1.807) is 25.5 Å². The van der Waals surface area contributed by atoms with Gasteiger partial charge in [-0.25, -0.2) is 9.59 Å². The Kier molecular flexibility index (Phi) is 9.07. The first-order valence-corrected chi connectivity index (χ1v) is 9.26. The lowest BCUT2D eigenvalue weighted by Gasteiger charge is -2.19. The molecule has 0 unspecified atom stereocenters. The van der Waals surface area contributed by atoms with Crippen LogP contribution in [0.2, 0.25) is 0 Å². The molecule has 0 aromatic carbocycles. The summed E-state index contributed by atoms with van der Waals surface area (Å²) in [7, 11) is 1.59. The molecule has 1 aromatic rings. The molecule has 156 valence electrons. The van der Waals surface area contributed by atoms with Gasteiger partial charge in [-0.2, -0.15) is 0 Å². The molecule has 0 saturated carbocycles. The molecular weight excluding hydrogens is 360 g/mol. The third-order valence-corrected chi connectivity index (χ3v) is 3.56. The Bertz CT molecular complexity index is 716. The van der Waals surface area contributed by atoms with E-state index in [1.165, 1.54) is 4.57 Å². The van der Waals surface area contributed by atoms with Crippen molar-refractivity contribution in [2.75, 3.05) is 25.5 Å². The lowest BCUT2D eigenvalue weighted by atomic mass is 10.2. The zero-order chi connectivity index (χ0) is 21.2. The number of amides is 2. The Morgan fingerprint density at radius 3 is 2.46 bits per heavy atom. The molecular formula is C19H32N6O3. The molecule has 0 saturated heterocycles. The van der Waals surface area contributed by atoms with Gasteiger partial charge in [-0.05, 0) is 52.8 Å². The second-order valence-corrected chi connectivity index (χ2v) is 7.07. The zero-order valence-electron chi connectivity index (χ0n) is 17.3. The number of hydrogen-bond acceptors (Lipinski definition) is 5. The number of unbranched alkanes of at least 4 members (excludes halogenated alkanes) is 1. The average Bonchev–Trinajstić information content (AvgIpc) is 3.04. The van der Waals surface area contributed by atoms with E-state index >= 15 is 0 Å². The number of ether oxygens (including phenoxy) is 1. The minimum Gasteiger partial charge on any atom is -0.444 e. The predicted molar refractivity (Wildman–Crippen MR) is 112 cm³/mol. The summed E-state index contributed by atoms with van der Waals surface area (Å²) in [4.78, 5) is 28.0. The largest absolute Gasteiger partial charge is 0.444 e. The summed E-state index contributed by atoms with van der Waals surface area (Å²) < 4.78 is 6.61. The highest BCUT2D eigenvalue weighted by Gasteiger charge is 2.16. The number of carbonyl (C=O) groups excluding carboxylic acids is 2. The molecule has 0 aliphatic carbocycles. The maximum Gasteiger partial charge on any atom is 0.407 e. The van der Waals surface area contributed by atoms with Crippen molar-refractivity contribution in [3.05, 3.63) is 30.1 Å². The zero-order valence-corrected chi connectivity index (χ0v) is 17.3. The number of hydrogen-bond donors (Lipinski definition) is 4. The van der Waals surface area contributed by atoms with E-state index in [4.69, 9.17) is 10.5 Å². The second-order valence-electron chi connectivity index (χ2n) is 7.07. The van der Waals surface area contributed by atoms with Crippen LogP contribution in [0.4, 0.5) is 15.4 Å². The molecule has 9 heteroatoms. The number of nitrogens with one attached hydrogen (secondary N) is 3. The van der Waals surface area contributed by atoms with E-state index in [1.807, 2.05) is 33.8 Å². The number of aromatic nitrogens is 1. The van der Waals surface area contributed by atoms with Crippen molar-refractivity contribution in [1.82, 2.24) is 15.2 Å². The van der Waals surface area contributed by atoms with Gasteiger partial charge in [0.2, 0.25) is 0 Å². The Morgan fingerprint density at radius 2 is 1.89 bits per heavy atom. The molecule has 1 aromatic heterocycles. The van der Waals surface area contributed by atoms with Crippen molar-refractivity contribution in [2.45, 2.75) is 46.1 Å². The number of rotatable bonds is 8. The number of aliphatic imine (C=N–C) groups is 1. The van der Waals surface area contributed by atoms with Crippen molar-refractivity contribution in [2.24, 2.45) is 10.7 Å². The lowest BCUT2D eigenvalue weighted by molar-refractivity contribution is 0.0527. The summed E-state index contributed by atoms with van der Waals surface area (Å²) in [5, 5.41) is 8.59. The molecule has 0 aliphatic heterocycles. The molecule has 0 fully saturated rings. The Hall–Kier alpha value is -2.97. The Morgan fingerprint density at radius 1 is 1.25 bits per heavy atom. The molecule has 1 rings (SSSR count). The molecule has 5 N–H and O–H groups in total. The number of nitrogens with zero attached hydrogens (tertiary/aromatic N) is 2. The van der Waals surface area contributed by atoms with Gasteiger partial charge in [0.15, 0.2) is 0 Å². The van der Waals surface area contributed by atoms with Crippen LogP contribution in [-0.4, -0.2) is 48.3 Å². The summed E-state index contributed by atoms with van der Waals surface area (Å²) in [5.74, 6) is 0.886. The molecule has 0 bridgehead atoms. The van der Waals surface area contributed by atoms with Crippen LogP contribution in [0.25, 0.3) is 0 Å². The van der Waals surface area contributed by atoms with Crippen LogP contribution >= 0.6 is 0 Å². The van der Waals surface area contributed by atoms with E-state index in [0.717, 1.165) is 6.42 Å². The monoisotopic (exact) mass is 392 g/mol. The Balaban J connectivity index is 2.49. The highest BCUT2D eigenvalue weighted by atomic mass is 16.6. The van der Waals surface area contributed by atoms with Gasteiger partial charge < -0.3 is 26.4 Å². The smallest absolute Gasteiger partial charge is 0.407 e. The third-order valence-electron chi connectivity index (χ3n) is 3.56. The van der Waals surface area contributed by atoms with Crippen LogP contribution in [0.15, 0.2) is 29.5 Å². The first-order valence-electron chi connectivity index (χ1n) is 9.26. The minimum atomic E-state index is -0.516. The van der Waals surface area contributed by atoms with E-state index in [0.29, 0.717) is 36.7 Å². The van der Waals surface area contributed by atoms with Gasteiger partial charge in [-0.15, -0.1) is 0 Å². The first kappa shape index (κ1) is 23.1. The third kappa shape index (κ3) is 7.73. The number of carbonyl (C=O) groups is 2. The quantitative estimate of drug-likeness (QED) is 0.308. The molecule has 9 nitrogen and oxygen atoms in total. The van der Waals surface area contributed by atoms with E-state index < -0.39 is 11.7 Å². The van der Waals surface area contributed by atoms with Gasteiger partial charge in [0.05, 0.1) is 5.56 Å². The molecule has 2 amide bonds. The highest BCUT2D eigenvalue weighted by Crippen LogP contribution is 2.17. The predicted octanol–water partition coefficient (Wildman–Crippen LogP) is 2.63. The van der Waals surface area contributed by atoms with Gasteiger partial charge in [-0.3, -0.25) is 9.56 Å². The van der Waals surface area contributed by atoms with Crippen LogP contribution in [0.3, 0.4) is 0 Å². The average molecular weight is 393 g/mol. The van der Waals surface area contributed by atoms with E-state index in [2.05, 4.69) is 20.9 Å². The molecule has 0 radical (unpaired) electrons. The summed E-state index contributed by atoms with van der Waals surface area (Å²) >= 11 is 0. The molecule has 0 spiro atoms. The molecule has 0 aliphatic rings. The number of anilines is 1. The topological polar surface area (TPSA) is 123 Å².